The van der Waals surface area contributed by atoms with Gasteiger partial charge in [-0.25, -0.2) is 14.6 Å². The summed E-state index contributed by atoms with van der Waals surface area (Å²) < 4.78 is 15.6. The molecular weight excluding hydrogens is 350 g/mol. The summed E-state index contributed by atoms with van der Waals surface area (Å²) in [6.45, 7) is 5.87. The molecule has 0 amide bonds. The number of ether oxygens (including phenoxy) is 3. The van der Waals surface area contributed by atoms with Gasteiger partial charge in [0, 0.05) is 5.57 Å². The summed E-state index contributed by atoms with van der Waals surface area (Å²) in [5.74, 6) is -1.21. The van der Waals surface area contributed by atoms with Gasteiger partial charge in [0.2, 0.25) is 5.78 Å². The maximum absolute atomic E-state index is 12.9. The second-order valence-electron chi connectivity index (χ2n) is 6.10. The summed E-state index contributed by atoms with van der Waals surface area (Å²) >= 11 is 0. The molecule has 7 nitrogen and oxygen atoms in total. The lowest BCUT2D eigenvalue weighted by Gasteiger charge is -2.26. The number of carbonyl (C=O) groups excluding carboxylic acids is 3. The van der Waals surface area contributed by atoms with Crippen LogP contribution in [0.1, 0.15) is 33.6 Å². The number of Topliss-reactive ketones (excluding diaryl/α,β-unsaturated/α-hetero) is 1. The van der Waals surface area contributed by atoms with Gasteiger partial charge in [-0.05, 0) is 38.0 Å². The van der Waals surface area contributed by atoms with E-state index >= 15 is 0 Å². The SMILES string of the molecule is CCCC1=C2N=C(C(=O)OCC)C=C2C(=O)C2=C1C=C(C(=O)OCC)CO2. The Morgan fingerprint density at radius 3 is 2.48 bits per heavy atom. The predicted molar refractivity (Wildman–Crippen MR) is 96.8 cm³/mol. The molecule has 3 rings (SSSR count). The number of carbonyl (C=O) groups is 3. The van der Waals surface area contributed by atoms with Gasteiger partial charge in [-0.1, -0.05) is 13.3 Å². The number of fused-ring (bicyclic) bond motifs is 1. The number of hydrogen-bond acceptors (Lipinski definition) is 7. The molecule has 1 aliphatic carbocycles. The summed E-state index contributed by atoms with van der Waals surface area (Å²) in [5, 5.41) is 0. The molecule has 0 spiro atoms. The van der Waals surface area contributed by atoms with Crippen molar-refractivity contribution in [2.45, 2.75) is 33.6 Å². The average Bonchev–Trinajstić information content (AvgIpc) is 3.11. The molecule has 7 heteroatoms. The molecule has 2 aliphatic heterocycles. The van der Waals surface area contributed by atoms with Gasteiger partial charge in [-0.15, -0.1) is 0 Å². The molecule has 0 fully saturated rings. The van der Waals surface area contributed by atoms with Crippen molar-refractivity contribution in [3.63, 3.8) is 0 Å². The monoisotopic (exact) mass is 371 g/mol. The van der Waals surface area contributed by atoms with Crippen molar-refractivity contribution in [1.82, 2.24) is 0 Å². The highest BCUT2D eigenvalue weighted by Crippen LogP contribution is 2.40. The van der Waals surface area contributed by atoms with E-state index in [1.54, 1.807) is 19.9 Å². The molecule has 0 aromatic heterocycles. The fourth-order valence-corrected chi connectivity index (χ4v) is 3.15. The summed E-state index contributed by atoms with van der Waals surface area (Å²) in [6.07, 6.45) is 4.50. The number of ketones is 1. The third-order valence-electron chi connectivity index (χ3n) is 4.29. The quantitative estimate of drug-likeness (QED) is 0.666. The predicted octanol–water partition coefficient (Wildman–Crippen LogP) is 2.34. The largest absolute Gasteiger partial charge is 0.484 e. The van der Waals surface area contributed by atoms with Gasteiger partial charge in [-0.3, -0.25) is 4.79 Å². The Kier molecular flexibility index (Phi) is 5.39. The van der Waals surface area contributed by atoms with E-state index in [1.807, 2.05) is 6.92 Å². The van der Waals surface area contributed by atoms with Crippen LogP contribution >= 0.6 is 0 Å². The normalized spacial score (nSPS) is 18.2. The third-order valence-corrected chi connectivity index (χ3v) is 4.29. The summed E-state index contributed by atoms with van der Waals surface area (Å²) in [4.78, 5) is 41.3. The van der Waals surface area contributed by atoms with Crippen LogP contribution in [0.15, 0.2) is 50.9 Å². The van der Waals surface area contributed by atoms with Crippen molar-refractivity contribution >= 4 is 23.4 Å². The van der Waals surface area contributed by atoms with Gasteiger partial charge in [0.15, 0.2) is 5.76 Å². The van der Waals surface area contributed by atoms with Gasteiger partial charge in [-0.2, -0.15) is 0 Å². The molecule has 142 valence electrons. The van der Waals surface area contributed by atoms with Gasteiger partial charge in [0.1, 0.15) is 12.3 Å². The smallest absolute Gasteiger partial charge is 0.356 e. The minimum absolute atomic E-state index is 0.0307. The molecule has 0 radical (unpaired) electrons. The number of nitrogens with zero attached hydrogens (tertiary/aromatic N) is 1. The van der Waals surface area contributed by atoms with Crippen LogP contribution in [0.3, 0.4) is 0 Å². The van der Waals surface area contributed by atoms with Crippen molar-refractivity contribution in [1.29, 1.82) is 0 Å². The van der Waals surface area contributed by atoms with Crippen LogP contribution < -0.4 is 0 Å². The number of allylic oxidation sites excluding steroid dienone is 5. The Hall–Kier alpha value is -2.96. The van der Waals surface area contributed by atoms with Crippen molar-refractivity contribution in [3.8, 4) is 0 Å². The zero-order valence-electron chi connectivity index (χ0n) is 15.6. The third kappa shape index (κ3) is 3.37. The first-order chi connectivity index (χ1) is 13.0. The highest BCUT2D eigenvalue weighted by Gasteiger charge is 2.38. The second kappa shape index (κ2) is 7.73. The van der Waals surface area contributed by atoms with E-state index in [0.717, 1.165) is 12.0 Å². The number of esters is 2. The Labute approximate surface area is 157 Å². The molecule has 0 atom stereocenters. The second-order valence-corrected chi connectivity index (χ2v) is 6.10. The van der Waals surface area contributed by atoms with Crippen LogP contribution in [-0.2, 0) is 28.6 Å². The van der Waals surface area contributed by atoms with Crippen LogP contribution in [0, 0.1) is 0 Å². The van der Waals surface area contributed by atoms with E-state index in [4.69, 9.17) is 14.2 Å². The fourth-order valence-electron chi connectivity index (χ4n) is 3.15. The molecule has 3 aliphatic rings. The average molecular weight is 371 g/mol. The molecule has 0 bridgehead atoms. The van der Waals surface area contributed by atoms with Crippen molar-refractivity contribution in [2.24, 2.45) is 4.99 Å². The zero-order valence-corrected chi connectivity index (χ0v) is 15.6. The van der Waals surface area contributed by atoms with E-state index < -0.39 is 11.9 Å². The maximum atomic E-state index is 12.9. The summed E-state index contributed by atoms with van der Waals surface area (Å²) in [7, 11) is 0. The van der Waals surface area contributed by atoms with Gasteiger partial charge in [0.05, 0.1) is 30.1 Å². The van der Waals surface area contributed by atoms with Crippen LogP contribution in [0.4, 0.5) is 0 Å². The summed E-state index contributed by atoms with van der Waals surface area (Å²) in [6, 6.07) is 0. The Bertz CT molecular complexity index is 869. The topological polar surface area (TPSA) is 91.3 Å². The molecule has 0 unspecified atom stereocenters. The van der Waals surface area contributed by atoms with Crippen molar-refractivity contribution in [2.75, 3.05) is 19.8 Å². The minimum Gasteiger partial charge on any atom is -0.484 e. The Balaban J connectivity index is 2.07. The van der Waals surface area contributed by atoms with Crippen LogP contribution in [0.5, 0.6) is 0 Å². The fraction of sp³-hybridized carbons (Fsp3) is 0.400. The maximum Gasteiger partial charge on any atom is 0.356 e. The minimum atomic E-state index is -0.572. The lowest BCUT2D eigenvalue weighted by atomic mass is 9.85. The van der Waals surface area contributed by atoms with Gasteiger partial charge < -0.3 is 14.2 Å². The summed E-state index contributed by atoms with van der Waals surface area (Å²) in [5.41, 5.74) is 2.54. The first kappa shape index (κ1) is 18.8. The van der Waals surface area contributed by atoms with Gasteiger partial charge >= 0.3 is 11.9 Å². The molecule has 0 aromatic carbocycles. The number of aliphatic imine (C=N–C) groups is 1. The highest BCUT2D eigenvalue weighted by molar-refractivity contribution is 6.44. The van der Waals surface area contributed by atoms with Crippen LogP contribution in [0.25, 0.3) is 0 Å². The van der Waals surface area contributed by atoms with Crippen molar-refractivity contribution in [3.05, 3.63) is 45.9 Å². The molecule has 0 aromatic rings. The van der Waals surface area contributed by atoms with E-state index in [9.17, 15) is 14.4 Å². The number of hydrogen-bond donors (Lipinski definition) is 0. The van der Waals surface area contributed by atoms with E-state index in [0.29, 0.717) is 28.8 Å². The molecule has 0 N–H and O–H groups in total. The molecule has 0 saturated carbocycles. The standard InChI is InChI=1S/C20H21NO6/c1-4-7-12-13-8-11(19(23)25-5-2)10-27-18(13)17(22)14-9-15(21-16(12)14)20(24)26-6-3/h8-9H,4-7,10H2,1-3H3. The van der Waals surface area contributed by atoms with Crippen molar-refractivity contribution < 1.29 is 28.6 Å². The first-order valence-corrected chi connectivity index (χ1v) is 9.02. The van der Waals surface area contributed by atoms with E-state index in [1.165, 1.54) is 6.08 Å². The van der Waals surface area contributed by atoms with E-state index in [-0.39, 0.29) is 37.1 Å². The molecular formula is C20H21NO6. The molecule has 0 saturated heterocycles. The van der Waals surface area contributed by atoms with Crippen LogP contribution in [-0.4, -0.2) is 43.3 Å². The number of rotatable bonds is 6. The van der Waals surface area contributed by atoms with E-state index in [2.05, 4.69) is 4.99 Å². The Morgan fingerprint density at radius 2 is 1.81 bits per heavy atom. The molecule has 2 heterocycles. The Morgan fingerprint density at radius 1 is 1.11 bits per heavy atom. The lowest BCUT2D eigenvalue weighted by Crippen LogP contribution is -2.25. The first-order valence-electron chi connectivity index (χ1n) is 9.02. The van der Waals surface area contributed by atoms with Crippen LogP contribution in [0.2, 0.25) is 0 Å². The zero-order chi connectivity index (χ0) is 19.6. The molecule has 27 heavy (non-hydrogen) atoms. The highest BCUT2D eigenvalue weighted by atomic mass is 16.5. The lowest BCUT2D eigenvalue weighted by molar-refractivity contribution is -0.139. The van der Waals surface area contributed by atoms with Gasteiger partial charge in [0.25, 0.3) is 0 Å².